The van der Waals surface area contributed by atoms with Gasteiger partial charge in [-0.1, -0.05) is 78.9 Å². The van der Waals surface area contributed by atoms with Crippen LogP contribution >= 0.6 is 0 Å². The van der Waals surface area contributed by atoms with Gasteiger partial charge < -0.3 is 20.5 Å². The van der Waals surface area contributed by atoms with Crippen molar-refractivity contribution in [1.29, 1.82) is 0 Å². The van der Waals surface area contributed by atoms with Crippen molar-refractivity contribution in [2.75, 3.05) is 6.61 Å². The first-order chi connectivity index (χ1) is 16.9. The Balaban J connectivity index is 1.47. The Morgan fingerprint density at radius 2 is 1.37 bits per heavy atom. The average molecular weight is 473 g/mol. The van der Waals surface area contributed by atoms with E-state index in [4.69, 9.17) is 4.74 Å². The van der Waals surface area contributed by atoms with Crippen LogP contribution in [0.25, 0.3) is 11.1 Å². The van der Waals surface area contributed by atoms with Gasteiger partial charge in [-0.3, -0.25) is 9.59 Å². The number of aliphatic carboxylic acids is 1. The summed E-state index contributed by atoms with van der Waals surface area (Å²) in [6.07, 6.45) is -0.727. The summed E-state index contributed by atoms with van der Waals surface area (Å²) in [4.78, 5) is 37.1. The molecule has 0 saturated carbocycles. The number of alkyl carbamates (subject to hydrolysis) is 1. The van der Waals surface area contributed by atoms with E-state index in [1.807, 2.05) is 36.4 Å². The predicted octanol–water partition coefficient (Wildman–Crippen LogP) is 4.49. The van der Waals surface area contributed by atoms with Crippen molar-refractivity contribution in [1.82, 2.24) is 10.6 Å². The first-order valence-corrected chi connectivity index (χ1v) is 11.6. The SMILES string of the molecule is CC(NC(=O)[C@H](NC(=O)OCC1c2ccccc2-c2ccccc21)c1ccccc1)C(C)C(=O)O. The Morgan fingerprint density at radius 3 is 1.94 bits per heavy atom. The maximum Gasteiger partial charge on any atom is 0.408 e. The van der Waals surface area contributed by atoms with Gasteiger partial charge in [0.15, 0.2) is 0 Å². The summed E-state index contributed by atoms with van der Waals surface area (Å²) in [6, 6.07) is 23.2. The summed E-state index contributed by atoms with van der Waals surface area (Å²) >= 11 is 0. The zero-order chi connectivity index (χ0) is 24.9. The third-order valence-electron chi connectivity index (χ3n) is 6.51. The molecule has 180 valence electrons. The maximum atomic E-state index is 13.0. The molecule has 3 atom stereocenters. The zero-order valence-electron chi connectivity index (χ0n) is 19.6. The van der Waals surface area contributed by atoms with E-state index in [1.54, 1.807) is 37.3 Å². The van der Waals surface area contributed by atoms with Crippen molar-refractivity contribution < 1.29 is 24.2 Å². The number of fused-ring (bicyclic) bond motifs is 3. The smallest absolute Gasteiger partial charge is 0.408 e. The first kappa shape index (κ1) is 24.0. The molecule has 0 fully saturated rings. The summed E-state index contributed by atoms with van der Waals surface area (Å²) in [5.74, 6) is -2.41. The van der Waals surface area contributed by atoms with Crippen LogP contribution in [-0.4, -0.2) is 35.7 Å². The van der Waals surface area contributed by atoms with Gasteiger partial charge in [0.25, 0.3) is 0 Å². The molecule has 3 N–H and O–H groups in total. The molecular formula is C28H28N2O5. The lowest BCUT2D eigenvalue weighted by Crippen LogP contribution is -2.46. The summed E-state index contributed by atoms with van der Waals surface area (Å²) in [6.45, 7) is 3.26. The number of carboxylic acids is 1. The first-order valence-electron chi connectivity index (χ1n) is 11.6. The molecule has 7 heteroatoms. The van der Waals surface area contributed by atoms with Crippen LogP contribution in [-0.2, 0) is 14.3 Å². The summed E-state index contributed by atoms with van der Waals surface area (Å²) < 4.78 is 5.61. The van der Waals surface area contributed by atoms with Crippen molar-refractivity contribution in [2.45, 2.75) is 31.8 Å². The van der Waals surface area contributed by atoms with Crippen LogP contribution in [0.3, 0.4) is 0 Å². The Morgan fingerprint density at radius 1 is 0.829 bits per heavy atom. The van der Waals surface area contributed by atoms with Gasteiger partial charge >= 0.3 is 12.1 Å². The van der Waals surface area contributed by atoms with E-state index in [9.17, 15) is 19.5 Å². The van der Waals surface area contributed by atoms with E-state index in [2.05, 4.69) is 22.8 Å². The van der Waals surface area contributed by atoms with Crippen molar-refractivity contribution in [3.63, 3.8) is 0 Å². The van der Waals surface area contributed by atoms with Gasteiger partial charge in [0.1, 0.15) is 12.6 Å². The van der Waals surface area contributed by atoms with E-state index in [-0.39, 0.29) is 12.5 Å². The Bertz CT molecular complexity index is 1180. The summed E-state index contributed by atoms with van der Waals surface area (Å²) in [5.41, 5.74) is 5.00. The third kappa shape index (κ3) is 5.19. The van der Waals surface area contributed by atoms with Crippen molar-refractivity contribution in [3.8, 4) is 11.1 Å². The molecule has 0 heterocycles. The van der Waals surface area contributed by atoms with Crippen LogP contribution in [0.4, 0.5) is 4.79 Å². The molecule has 0 radical (unpaired) electrons. The number of carbonyl (C=O) groups is 3. The van der Waals surface area contributed by atoms with Crippen LogP contribution in [0, 0.1) is 5.92 Å². The lowest BCUT2D eigenvalue weighted by Gasteiger charge is -2.23. The molecule has 3 aromatic carbocycles. The average Bonchev–Trinajstić information content (AvgIpc) is 3.19. The van der Waals surface area contributed by atoms with Gasteiger partial charge in [-0.2, -0.15) is 0 Å². The van der Waals surface area contributed by atoms with E-state index in [0.29, 0.717) is 5.56 Å². The second-order valence-electron chi connectivity index (χ2n) is 8.74. The highest BCUT2D eigenvalue weighted by Crippen LogP contribution is 2.44. The number of amides is 2. The van der Waals surface area contributed by atoms with Crippen LogP contribution in [0.15, 0.2) is 78.9 Å². The van der Waals surface area contributed by atoms with E-state index >= 15 is 0 Å². The number of rotatable bonds is 8. The summed E-state index contributed by atoms with van der Waals surface area (Å²) in [7, 11) is 0. The van der Waals surface area contributed by atoms with Gasteiger partial charge in [0.05, 0.1) is 5.92 Å². The highest BCUT2D eigenvalue weighted by Gasteiger charge is 2.31. The largest absolute Gasteiger partial charge is 0.481 e. The van der Waals surface area contributed by atoms with Crippen LogP contribution in [0.2, 0.25) is 0 Å². The molecule has 1 aliphatic rings. The quantitative estimate of drug-likeness (QED) is 0.448. The minimum Gasteiger partial charge on any atom is -0.481 e. The lowest BCUT2D eigenvalue weighted by atomic mass is 9.98. The second kappa shape index (κ2) is 10.4. The fourth-order valence-electron chi connectivity index (χ4n) is 4.35. The molecule has 0 aliphatic heterocycles. The lowest BCUT2D eigenvalue weighted by molar-refractivity contribution is -0.142. The number of benzene rings is 3. The molecule has 2 unspecified atom stereocenters. The van der Waals surface area contributed by atoms with Crippen LogP contribution < -0.4 is 10.6 Å². The molecule has 7 nitrogen and oxygen atoms in total. The number of nitrogens with one attached hydrogen (secondary N) is 2. The van der Waals surface area contributed by atoms with Crippen LogP contribution in [0.5, 0.6) is 0 Å². The molecule has 35 heavy (non-hydrogen) atoms. The van der Waals surface area contributed by atoms with E-state index in [1.165, 1.54) is 6.92 Å². The Hall–Kier alpha value is -4.13. The third-order valence-corrected chi connectivity index (χ3v) is 6.51. The normalized spacial score (nSPS) is 14.7. The molecule has 3 aromatic rings. The summed E-state index contributed by atoms with van der Waals surface area (Å²) in [5, 5.41) is 14.6. The number of ether oxygens (including phenoxy) is 1. The number of carboxylic acid groups (broad SMARTS) is 1. The van der Waals surface area contributed by atoms with Gasteiger partial charge in [-0.25, -0.2) is 4.79 Å². The number of carbonyl (C=O) groups excluding carboxylic acids is 2. The van der Waals surface area contributed by atoms with Gasteiger partial charge in [0.2, 0.25) is 5.91 Å². The monoisotopic (exact) mass is 472 g/mol. The molecule has 0 spiro atoms. The molecule has 4 rings (SSSR count). The maximum absolute atomic E-state index is 13.0. The molecular weight excluding hydrogens is 444 g/mol. The molecule has 0 bridgehead atoms. The van der Waals surface area contributed by atoms with Crippen molar-refractivity contribution in [2.24, 2.45) is 5.92 Å². The zero-order valence-corrected chi connectivity index (χ0v) is 19.6. The van der Waals surface area contributed by atoms with Crippen molar-refractivity contribution in [3.05, 3.63) is 95.6 Å². The fourth-order valence-corrected chi connectivity index (χ4v) is 4.35. The van der Waals surface area contributed by atoms with Crippen LogP contribution in [0.1, 0.15) is 42.5 Å². The number of hydrogen-bond donors (Lipinski definition) is 3. The molecule has 0 saturated heterocycles. The minimum atomic E-state index is -1.03. The highest BCUT2D eigenvalue weighted by atomic mass is 16.5. The van der Waals surface area contributed by atoms with Crippen molar-refractivity contribution >= 4 is 18.0 Å². The van der Waals surface area contributed by atoms with E-state index < -0.39 is 36.0 Å². The number of hydrogen-bond acceptors (Lipinski definition) is 4. The van der Waals surface area contributed by atoms with Gasteiger partial charge in [-0.15, -0.1) is 0 Å². The molecule has 1 aliphatic carbocycles. The molecule has 2 amide bonds. The van der Waals surface area contributed by atoms with Gasteiger partial charge in [0, 0.05) is 12.0 Å². The second-order valence-corrected chi connectivity index (χ2v) is 8.74. The predicted molar refractivity (Wildman–Crippen MR) is 132 cm³/mol. The van der Waals surface area contributed by atoms with E-state index in [0.717, 1.165) is 22.3 Å². The standard InChI is InChI=1S/C28H28N2O5/c1-17(27(32)33)18(2)29-26(31)25(19-10-4-3-5-11-19)30-28(34)35-16-24-22-14-8-6-12-20(22)21-13-7-9-15-23(21)24/h3-15,17-18,24-25H,16H2,1-2H3,(H,29,31)(H,30,34)(H,32,33)/t17?,18?,25-/m1/s1. The Kier molecular flexibility index (Phi) is 7.15. The Labute approximate surface area is 204 Å². The minimum absolute atomic E-state index is 0.103. The highest BCUT2D eigenvalue weighted by molar-refractivity contribution is 5.87. The topological polar surface area (TPSA) is 105 Å². The fraction of sp³-hybridized carbons (Fsp3) is 0.250. The van der Waals surface area contributed by atoms with Gasteiger partial charge in [-0.05, 0) is 41.7 Å². The molecule has 0 aromatic heterocycles.